The summed E-state index contributed by atoms with van der Waals surface area (Å²) in [6.07, 6.45) is 3.79. The number of carbonyl (C=O) groups excluding carboxylic acids is 1. The molecule has 0 atom stereocenters. The summed E-state index contributed by atoms with van der Waals surface area (Å²) < 4.78 is 3.32. The van der Waals surface area contributed by atoms with Crippen molar-refractivity contribution in [2.45, 2.75) is 32.4 Å². The van der Waals surface area contributed by atoms with Gasteiger partial charge in [-0.2, -0.15) is 5.10 Å². The Hall–Kier alpha value is -3.16. The number of nitrogens with one attached hydrogen (secondary N) is 2. The van der Waals surface area contributed by atoms with Crippen molar-refractivity contribution in [3.63, 3.8) is 0 Å². The molecule has 0 saturated carbocycles. The van der Waals surface area contributed by atoms with E-state index < -0.39 is 0 Å². The fourth-order valence-corrected chi connectivity index (χ4v) is 5.45. The smallest absolute Gasteiger partial charge is 0.307 e. The number of aryl methyl sites for hydroxylation is 1. The summed E-state index contributed by atoms with van der Waals surface area (Å²) in [5.74, 6) is 0.735. The maximum Gasteiger partial charge on any atom is 0.324 e. The molecule has 4 aromatic rings. The largest absolute Gasteiger partial charge is 0.324 e. The lowest BCUT2D eigenvalue weighted by atomic mass is 10.1. The summed E-state index contributed by atoms with van der Waals surface area (Å²) in [6.45, 7) is 5.02. The number of nitrogens with zero attached hydrogens (tertiary/aromatic N) is 3. The first-order chi connectivity index (χ1) is 15.7. The van der Waals surface area contributed by atoms with Crippen LogP contribution in [0.5, 0.6) is 0 Å². The van der Waals surface area contributed by atoms with Gasteiger partial charge in [0.25, 0.3) is 0 Å². The molecule has 1 aliphatic heterocycles. The maximum absolute atomic E-state index is 12.5. The van der Waals surface area contributed by atoms with Crippen LogP contribution in [0.4, 0.5) is 16.3 Å². The average molecular weight is 446 g/mol. The van der Waals surface area contributed by atoms with Crippen molar-refractivity contribution in [1.82, 2.24) is 14.7 Å². The Kier molecular flexibility index (Phi) is 5.92. The number of amides is 2. The number of rotatable bonds is 5. The van der Waals surface area contributed by atoms with E-state index in [4.69, 9.17) is 0 Å². The van der Waals surface area contributed by atoms with Crippen LogP contribution in [0.3, 0.4) is 0 Å². The van der Waals surface area contributed by atoms with Crippen LogP contribution in [-0.4, -0.2) is 33.8 Å². The first kappa shape index (κ1) is 20.7. The minimum atomic E-state index is -0.247. The van der Waals surface area contributed by atoms with E-state index in [1.54, 1.807) is 6.20 Å². The normalized spacial score (nSPS) is 15.2. The van der Waals surface area contributed by atoms with Gasteiger partial charge in [-0.3, -0.25) is 10.2 Å². The van der Waals surface area contributed by atoms with Gasteiger partial charge in [0.1, 0.15) is 5.82 Å². The quantitative estimate of drug-likeness (QED) is 0.403. The first-order valence-electron chi connectivity index (χ1n) is 11.0. The van der Waals surface area contributed by atoms with E-state index in [0.717, 1.165) is 49.5 Å². The molecule has 3 heterocycles. The second-order valence-electron chi connectivity index (χ2n) is 8.31. The molecule has 32 heavy (non-hydrogen) atoms. The molecule has 0 bridgehead atoms. The molecule has 5 rings (SSSR count). The number of hydrogen-bond donors (Lipinski definition) is 2. The first-order valence-corrected chi connectivity index (χ1v) is 11.8. The van der Waals surface area contributed by atoms with Crippen LogP contribution in [0.1, 0.15) is 29.3 Å². The number of aromatic nitrogens is 2. The van der Waals surface area contributed by atoms with Crippen LogP contribution in [0.2, 0.25) is 0 Å². The topological polar surface area (TPSA) is 62.2 Å². The molecule has 2 aromatic heterocycles. The van der Waals surface area contributed by atoms with E-state index in [1.807, 2.05) is 53.3 Å². The third-order valence-corrected chi connectivity index (χ3v) is 7.16. The van der Waals surface area contributed by atoms with Crippen molar-refractivity contribution in [2.24, 2.45) is 0 Å². The number of thiophene rings is 1. The van der Waals surface area contributed by atoms with Gasteiger partial charge in [-0.25, -0.2) is 9.48 Å². The Morgan fingerprint density at radius 3 is 2.66 bits per heavy atom. The van der Waals surface area contributed by atoms with E-state index in [1.165, 1.54) is 15.0 Å². The standard InChI is InChI=1S/C25H27N5OS/c1-18-6-2-4-8-22(18)27-25(31)28-24-10-13-26-30(24)20-11-14-29(15-12-20)17-21-16-19-7-3-5-9-23(19)32-21/h2-10,13,16,20H,11-12,14-15,17H2,1H3,(H2,27,28,31). The van der Waals surface area contributed by atoms with E-state index in [-0.39, 0.29) is 12.1 Å². The third kappa shape index (κ3) is 4.54. The summed E-state index contributed by atoms with van der Waals surface area (Å²) in [6, 6.07) is 20.5. The van der Waals surface area contributed by atoms with Crippen LogP contribution in [0.15, 0.2) is 66.9 Å². The second kappa shape index (κ2) is 9.14. The molecule has 6 nitrogen and oxygen atoms in total. The van der Waals surface area contributed by atoms with Crippen molar-refractivity contribution in [1.29, 1.82) is 0 Å². The highest BCUT2D eigenvalue weighted by molar-refractivity contribution is 7.19. The van der Waals surface area contributed by atoms with Gasteiger partial charge in [-0.1, -0.05) is 36.4 Å². The second-order valence-corrected chi connectivity index (χ2v) is 9.48. The molecule has 2 amide bonds. The van der Waals surface area contributed by atoms with Crippen molar-refractivity contribution >= 4 is 39.0 Å². The van der Waals surface area contributed by atoms with E-state index in [9.17, 15) is 4.79 Å². The molecule has 2 N–H and O–H groups in total. The summed E-state index contributed by atoms with van der Waals surface area (Å²) in [4.78, 5) is 16.5. The summed E-state index contributed by atoms with van der Waals surface area (Å²) in [5.41, 5.74) is 1.84. The van der Waals surface area contributed by atoms with E-state index in [2.05, 4.69) is 51.0 Å². The molecule has 164 valence electrons. The van der Waals surface area contributed by atoms with Crippen molar-refractivity contribution in [3.05, 3.63) is 77.3 Å². The fourth-order valence-electron chi connectivity index (χ4n) is 4.34. The lowest BCUT2D eigenvalue weighted by Crippen LogP contribution is -2.35. The Morgan fingerprint density at radius 1 is 1.06 bits per heavy atom. The summed E-state index contributed by atoms with van der Waals surface area (Å²) >= 11 is 1.89. The number of hydrogen-bond acceptors (Lipinski definition) is 4. The third-order valence-electron chi connectivity index (χ3n) is 6.06. The number of benzene rings is 2. The Morgan fingerprint density at radius 2 is 1.84 bits per heavy atom. The van der Waals surface area contributed by atoms with Gasteiger partial charge < -0.3 is 5.32 Å². The van der Waals surface area contributed by atoms with Gasteiger partial charge in [-0.15, -0.1) is 11.3 Å². The number of likely N-dealkylation sites (tertiary alicyclic amines) is 1. The molecule has 0 aliphatic carbocycles. The number of carbonyl (C=O) groups is 1. The summed E-state index contributed by atoms with van der Waals surface area (Å²) in [7, 11) is 0. The molecule has 7 heteroatoms. The number of urea groups is 1. The molecule has 0 radical (unpaired) electrons. The van der Waals surface area contributed by atoms with Crippen molar-refractivity contribution in [3.8, 4) is 0 Å². The van der Waals surface area contributed by atoms with Crippen LogP contribution in [-0.2, 0) is 6.54 Å². The number of piperidine rings is 1. The van der Waals surface area contributed by atoms with E-state index >= 15 is 0 Å². The minimum Gasteiger partial charge on any atom is -0.307 e. The lowest BCUT2D eigenvalue weighted by Gasteiger charge is -2.32. The van der Waals surface area contributed by atoms with Gasteiger partial charge in [0.15, 0.2) is 0 Å². The molecule has 1 saturated heterocycles. The van der Waals surface area contributed by atoms with Crippen LogP contribution >= 0.6 is 11.3 Å². The molecule has 0 spiro atoms. The fraction of sp³-hybridized carbons (Fsp3) is 0.280. The molecule has 1 fully saturated rings. The van der Waals surface area contributed by atoms with Crippen LogP contribution in [0.25, 0.3) is 10.1 Å². The number of para-hydroxylation sites is 1. The zero-order valence-electron chi connectivity index (χ0n) is 18.1. The van der Waals surface area contributed by atoms with Gasteiger partial charge in [0, 0.05) is 41.0 Å². The zero-order chi connectivity index (χ0) is 21.9. The maximum atomic E-state index is 12.5. The highest BCUT2D eigenvalue weighted by Gasteiger charge is 2.23. The van der Waals surface area contributed by atoms with Gasteiger partial charge in [0.2, 0.25) is 0 Å². The van der Waals surface area contributed by atoms with Crippen molar-refractivity contribution in [2.75, 3.05) is 23.7 Å². The SMILES string of the molecule is Cc1ccccc1NC(=O)Nc1ccnn1C1CCN(Cc2cc3ccccc3s2)CC1. The Balaban J connectivity index is 1.18. The van der Waals surface area contributed by atoms with Crippen LogP contribution < -0.4 is 10.6 Å². The Labute approximate surface area is 191 Å². The molecule has 1 aliphatic rings. The van der Waals surface area contributed by atoms with Crippen molar-refractivity contribution < 1.29 is 4.79 Å². The van der Waals surface area contributed by atoms with Gasteiger partial charge in [-0.05, 0) is 48.9 Å². The lowest BCUT2D eigenvalue weighted by molar-refractivity contribution is 0.175. The highest BCUT2D eigenvalue weighted by atomic mass is 32.1. The zero-order valence-corrected chi connectivity index (χ0v) is 18.9. The van der Waals surface area contributed by atoms with E-state index in [0.29, 0.717) is 0 Å². The Bertz CT molecular complexity index is 1190. The average Bonchev–Trinajstić information content (AvgIpc) is 3.42. The minimum absolute atomic E-state index is 0.247. The molecule has 0 unspecified atom stereocenters. The van der Waals surface area contributed by atoms with Gasteiger partial charge in [0.05, 0.1) is 12.2 Å². The molecular formula is C25H27N5OS. The summed E-state index contributed by atoms with van der Waals surface area (Å²) in [5, 5.41) is 11.7. The number of anilines is 2. The monoisotopic (exact) mass is 445 g/mol. The molecule has 2 aromatic carbocycles. The predicted octanol–water partition coefficient (Wildman–Crippen LogP) is 5.89. The van der Waals surface area contributed by atoms with Crippen LogP contribution in [0, 0.1) is 6.92 Å². The predicted molar refractivity (Wildman–Crippen MR) is 131 cm³/mol. The number of fused-ring (bicyclic) bond motifs is 1. The molecular weight excluding hydrogens is 418 g/mol. The highest BCUT2D eigenvalue weighted by Crippen LogP contribution is 2.30. The van der Waals surface area contributed by atoms with Gasteiger partial charge >= 0.3 is 6.03 Å².